The van der Waals surface area contributed by atoms with E-state index in [-0.39, 0.29) is 11.8 Å². The Morgan fingerprint density at radius 1 is 1.03 bits per heavy atom. The summed E-state index contributed by atoms with van der Waals surface area (Å²) in [4.78, 5) is 37.1. The zero-order chi connectivity index (χ0) is 20.9. The first kappa shape index (κ1) is 19.3. The molecule has 2 aromatic heterocycles. The largest absolute Gasteiger partial charge is 0.418 e. The molecule has 1 aliphatic rings. The second-order valence-corrected chi connectivity index (χ2v) is 6.75. The Morgan fingerprint density at radius 3 is 2.53 bits per heavy atom. The van der Waals surface area contributed by atoms with Crippen LogP contribution >= 0.6 is 0 Å². The number of aromatic nitrogens is 3. The number of benzene rings is 1. The lowest BCUT2D eigenvalue weighted by molar-refractivity contribution is 0.0964. The number of para-hydroxylation sites is 1. The van der Waals surface area contributed by atoms with Gasteiger partial charge in [-0.3, -0.25) is 10.1 Å². The fraction of sp³-hybridized carbons (Fsp3) is 0.190. The van der Waals surface area contributed by atoms with Gasteiger partial charge in [0.2, 0.25) is 5.88 Å². The topological polar surface area (TPSA) is 118 Å². The van der Waals surface area contributed by atoms with Gasteiger partial charge in [0.05, 0.1) is 29.3 Å². The number of pyridine rings is 1. The lowest BCUT2D eigenvalue weighted by Gasteiger charge is -2.14. The number of anilines is 3. The monoisotopic (exact) mass is 404 g/mol. The molecule has 3 aromatic rings. The standard InChI is InChI=1S/C21H20N6O3/c1-22-19(28)15-4-2-3-5-17(15)27-21(29)30-20-18(25-14-10-23-12-24-11-14)9-8-16(26-20)13-6-7-13/h2-5,8-13,25H,6-7H2,1H3,(H,22,28)(H,27,29). The van der Waals surface area contributed by atoms with Gasteiger partial charge in [-0.2, -0.15) is 0 Å². The molecule has 0 unspecified atom stereocenters. The molecule has 1 saturated carbocycles. The van der Waals surface area contributed by atoms with E-state index in [1.165, 1.54) is 13.4 Å². The van der Waals surface area contributed by atoms with E-state index in [4.69, 9.17) is 4.74 Å². The number of carbonyl (C=O) groups is 2. The molecule has 2 amide bonds. The quantitative estimate of drug-likeness (QED) is 0.576. The highest BCUT2D eigenvalue weighted by Gasteiger charge is 2.26. The molecule has 2 heterocycles. The van der Waals surface area contributed by atoms with Crippen molar-refractivity contribution in [3.63, 3.8) is 0 Å². The Morgan fingerprint density at radius 2 is 1.80 bits per heavy atom. The van der Waals surface area contributed by atoms with Crippen LogP contribution in [0.25, 0.3) is 0 Å². The van der Waals surface area contributed by atoms with Gasteiger partial charge in [0.1, 0.15) is 12.0 Å². The van der Waals surface area contributed by atoms with Crippen LogP contribution in [-0.4, -0.2) is 34.0 Å². The summed E-state index contributed by atoms with van der Waals surface area (Å²) in [6.45, 7) is 0. The second kappa shape index (κ2) is 8.56. The minimum atomic E-state index is -0.751. The molecule has 152 valence electrons. The maximum Gasteiger partial charge on any atom is 0.418 e. The van der Waals surface area contributed by atoms with Crippen molar-refractivity contribution in [2.24, 2.45) is 0 Å². The Hall–Kier alpha value is -4.01. The van der Waals surface area contributed by atoms with E-state index in [0.717, 1.165) is 18.5 Å². The van der Waals surface area contributed by atoms with E-state index in [0.29, 0.717) is 28.5 Å². The summed E-state index contributed by atoms with van der Waals surface area (Å²) in [5.74, 6) is 0.211. The first-order chi connectivity index (χ1) is 14.6. The number of rotatable bonds is 6. The average Bonchev–Trinajstić information content (AvgIpc) is 3.61. The fourth-order valence-electron chi connectivity index (χ4n) is 2.90. The van der Waals surface area contributed by atoms with Gasteiger partial charge < -0.3 is 15.4 Å². The van der Waals surface area contributed by atoms with Crippen LogP contribution in [0.1, 0.15) is 34.8 Å². The van der Waals surface area contributed by atoms with Crippen molar-refractivity contribution in [3.8, 4) is 5.88 Å². The normalized spacial score (nSPS) is 12.7. The molecule has 0 saturated heterocycles. The summed E-state index contributed by atoms with van der Waals surface area (Å²) in [5, 5.41) is 8.27. The molecule has 1 aliphatic carbocycles. The van der Waals surface area contributed by atoms with Gasteiger partial charge in [0.25, 0.3) is 5.91 Å². The molecule has 0 radical (unpaired) electrons. The maximum absolute atomic E-state index is 12.6. The zero-order valence-corrected chi connectivity index (χ0v) is 16.3. The third-order valence-electron chi connectivity index (χ3n) is 4.54. The minimum Gasteiger partial charge on any atom is -0.389 e. The highest BCUT2D eigenvalue weighted by Crippen LogP contribution is 2.41. The van der Waals surface area contributed by atoms with Crippen molar-refractivity contribution in [3.05, 3.63) is 66.4 Å². The van der Waals surface area contributed by atoms with Crippen LogP contribution in [0.3, 0.4) is 0 Å². The van der Waals surface area contributed by atoms with Crippen LogP contribution in [-0.2, 0) is 0 Å². The summed E-state index contributed by atoms with van der Waals surface area (Å²) < 4.78 is 5.51. The zero-order valence-electron chi connectivity index (χ0n) is 16.3. The Balaban J connectivity index is 1.56. The molecule has 0 spiro atoms. The van der Waals surface area contributed by atoms with Crippen LogP contribution < -0.4 is 20.7 Å². The van der Waals surface area contributed by atoms with E-state index in [1.54, 1.807) is 36.7 Å². The molecular weight excluding hydrogens is 384 g/mol. The Bertz CT molecular complexity index is 1070. The van der Waals surface area contributed by atoms with Crippen molar-refractivity contribution < 1.29 is 14.3 Å². The number of ether oxygens (including phenoxy) is 1. The molecular formula is C21H20N6O3. The number of nitrogens with zero attached hydrogens (tertiary/aromatic N) is 3. The van der Waals surface area contributed by atoms with Gasteiger partial charge >= 0.3 is 6.09 Å². The van der Waals surface area contributed by atoms with Gasteiger partial charge in [0, 0.05) is 18.7 Å². The van der Waals surface area contributed by atoms with Crippen molar-refractivity contribution in [2.45, 2.75) is 18.8 Å². The molecule has 1 aromatic carbocycles. The number of nitrogens with one attached hydrogen (secondary N) is 3. The molecule has 1 fully saturated rings. The summed E-state index contributed by atoms with van der Waals surface area (Å²) in [5.41, 5.74) is 2.68. The molecule has 9 nitrogen and oxygen atoms in total. The third-order valence-corrected chi connectivity index (χ3v) is 4.54. The second-order valence-electron chi connectivity index (χ2n) is 6.75. The van der Waals surface area contributed by atoms with Gasteiger partial charge in [-0.15, -0.1) is 0 Å². The lowest BCUT2D eigenvalue weighted by Crippen LogP contribution is -2.23. The molecule has 9 heteroatoms. The first-order valence-corrected chi connectivity index (χ1v) is 9.47. The van der Waals surface area contributed by atoms with Crippen molar-refractivity contribution in [1.29, 1.82) is 0 Å². The average molecular weight is 404 g/mol. The van der Waals surface area contributed by atoms with Crippen LogP contribution in [0.2, 0.25) is 0 Å². The van der Waals surface area contributed by atoms with E-state index in [2.05, 4.69) is 30.9 Å². The molecule has 3 N–H and O–H groups in total. The van der Waals surface area contributed by atoms with Gasteiger partial charge in [-0.1, -0.05) is 12.1 Å². The minimum absolute atomic E-state index is 0.137. The van der Waals surface area contributed by atoms with Crippen molar-refractivity contribution >= 4 is 29.1 Å². The molecule has 30 heavy (non-hydrogen) atoms. The maximum atomic E-state index is 12.6. The fourth-order valence-corrected chi connectivity index (χ4v) is 2.90. The van der Waals surface area contributed by atoms with E-state index < -0.39 is 6.09 Å². The predicted octanol–water partition coefficient (Wildman–Crippen LogP) is 3.46. The van der Waals surface area contributed by atoms with E-state index in [9.17, 15) is 9.59 Å². The Kier molecular flexibility index (Phi) is 5.51. The molecule has 0 atom stereocenters. The van der Waals surface area contributed by atoms with Crippen molar-refractivity contribution in [2.75, 3.05) is 17.7 Å². The van der Waals surface area contributed by atoms with Gasteiger partial charge in [-0.25, -0.2) is 19.7 Å². The van der Waals surface area contributed by atoms with Crippen LogP contribution in [0.4, 0.5) is 21.9 Å². The highest BCUT2D eigenvalue weighted by atomic mass is 16.6. The Labute approximate surface area is 172 Å². The van der Waals surface area contributed by atoms with Crippen LogP contribution in [0.15, 0.2) is 55.1 Å². The van der Waals surface area contributed by atoms with Gasteiger partial charge in [0.15, 0.2) is 0 Å². The smallest absolute Gasteiger partial charge is 0.389 e. The van der Waals surface area contributed by atoms with Gasteiger partial charge in [-0.05, 0) is 37.1 Å². The molecule has 0 aliphatic heterocycles. The van der Waals surface area contributed by atoms with E-state index >= 15 is 0 Å². The summed E-state index contributed by atoms with van der Waals surface area (Å²) in [7, 11) is 1.52. The summed E-state index contributed by atoms with van der Waals surface area (Å²) in [6, 6.07) is 10.4. The SMILES string of the molecule is CNC(=O)c1ccccc1NC(=O)Oc1nc(C2CC2)ccc1Nc1cncnc1. The number of hydrogen-bond donors (Lipinski definition) is 3. The summed E-state index contributed by atoms with van der Waals surface area (Å²) in [6.07, 6.45) is 6.01. The third kappa shape index (κ3) is 4.52. The molecule has 0 bridgehead atoms. The van der Waals surface area contributed by atoms with Crippen LogP contribution in [0, 0.1) is 0 Å². The predicted molar refractivity (Wildman–Crippen MR) is 111 cm³/mol. The first-order valence-electron chi connectivity index (χ1n) is 9.47. The number of carbonyl (C=O) groups excluding carboxylic acids is 2. The lowest BCUT2D eigenvalue weighted by atomic mass is 10.1. The van der Waals surface area contributed by atoms with E-state index in [1.807, 2.05) is 12.1 Å². The van der Waals surface area contributed by atoms with Crippen LogP contribution in [0.5, 0.6) is 5.88 Å². The highest BCUT2D eigenvalue weighted by molar-refractivity contribution is 6.02. The number of hydrogen-bond acceptors (Lipinski definition) is 7. The molecule has 4 rings (SSSR count). The van der Waals surface area contributed by atoms with Crippen molar-refractivity contribution in [1.82, 2.24) is 20.3 Å². The number of amides is 2. The summed E-state index contributed by atoms with van der Waals surface area (Å²) >= 11 is 0.